The van der Waals surface area contributed by atoms with Crippen LogP contribution in [0.4, 0.5) is 0 Å². The Morgan fingerprint density at radius 2 is 1.73 bits per heavy atom. The predicted molar refractivity (Wildman–Crippen MR) is 110 cm³/mol. The molecule has 0 bridgehead atoms. The zero-order valence-corrected chi connectivity index (χ0v) is 17.1. The number of amides is 1. The molecule has 5 nitrogen and oxygen atoms in total. The second-order valence-electron chi connectivity index (χ2n) is 6.17. The zero-order chi connectivity index (χ0) is 18.9. The molecule has 0 aliphatic carbocycles. The Bertz CT molecular complexity index is 752. The molecular formula is C20H22IN3O2. The van der Waals surface area contributed by atoms with Gasteiger partial charge >= 0.3 is 0 Å². The number of likely N-dealkylation sites (N-methyl/N-ethyl adjacent to an activating group) is 1. The van der Waals surface area contributed by atoms with Crippen LogP contribution in [-0.2, 0) is 11.3 Å². The molecule has 2 aromatic carbocycles. The van der Waals surface area contributed by atoms with Crippen molar-refractivity contribution < 1.29 is 9.53 Å². The van der Waals surface area contributed by atoms with Gasteiger partial charge in [0.05, 0.1) is 11.6 Å². The zero-order valence-electron chi connectivity index (χ0n) is 15.0. The van der Waals surface area contributed by atoms with Crippen molar-refractivity contribution in [3.05, 3.63) is 63.2 Å². The third-order valence-electron chi connectivity index (χ3n) is 3.80. The van der Waals surface area contributed by atoms with Gasteiger partial charge in [0.2, 0.25) is 0 Å². The van der Waals surface area contributed by atoms with Crippen LogP contribution in [0.3, 0.4) is 0 Å². The Morgan fingerprint density at radius 3 is 2.31 bits per heavy atom. The molecule has 0 aliphatic heterocycles. The molecule has 0 saturated heterocycles. The van der Waals surface area contributed by atoms with Crippen molar-refractivity contribution in [2.75, 3.05) is 33.8 Å². The molecule has 0 atom stereocenters. The second kappa shape index (κ2) is 10.1. The first-order valence-electron chi connectivity index (χ1n) is 8.28. The summed E-state index contributed by atoms with van der Waals surface area (Å²) >= 11 is 2.23. The topological polar surface area (TPSA) is 56.6 Å². The Hall–Kier alpha value is -2.11. The smallest absolute Gasteiger partial charge is 0.260 e. The van der Waals surface area contributed by atoms with Crippen molar-refractivity contribution in [2.24, 2.45) is 0 Å². The lowest BCUT2D eigenvalue weighted by Gasteiger charge is -2.24. The van der Waals surface area contributed by atoms with Crippen molar-refractivity contribution in [1.29, 1.82) is 5.26 Å². The Kier molecular flexibility index (Phi) is 7.88. The van der Waals surface area contributed by atoms with Gasteiger partial charge in [-0.15, -0.1) is 0 Å². The second-order valence-corrected chi connectivity index (χ2v) is 7.42. The van der Waals surface area contributed by atoms with Crippen LogP contribution < -0.4 is 4.74 Å². The van der Waals surface area contributed by atoms with Crippen molar-refractivity contribution in [3.63, 3.8) is 0 Å². The normalized spacial score (nSPS) is 10.4. The summed E-state index contributed by atoms with van der Waals surface area (Å²) in [5, 5.41) is 8.90. The first-order chi connectivity index (χ1) is 12.5. The molecule has 136 valence electrons. The maximum Gasteiger partial charge on any atom is 0.260 e. The number of carbonyl (C=O) groups excluding carboxylic acids is 1. The lowest BCUT2D eigenvalue weighted by molar-refractivity contribution is -0.134. The maximum atomic E-state index is 12.7. The van der Waals surface area contributed by atoms with E-state index in [1.807, 2.05) is 55.4 Å². The fraction of sp³-hybridized carbons (Fsp3) is 0.300. The fourth-order valence-corrected chi connectivity index (χ4v) is 2.64. The van der Waals surface area contributed by atoms with E-state index in [4.69, 9.17) is 10.00 Å². The van der Waals surface area contributed by atoms with Crippen LogP contribution in [0.2, 0.25) is 0 Å². The van der Waals surface area contributed by atoms with Crippen molar-refractivity contribution in [1.82, 2.24) is 9.80 Å². The van der Waals surface area contributed by atoms with Gasteiger partial charge in [-0.3, -0.25) is 4.79 Å². The van der Waals surface area contributed by atoms with Crippen LogP contribution in [0, 0.1) is 14.9 Å². The minimum atomic E-state index is -0.0604. The minimum absolute atomic E-state index is 0.00427. The number of nitriles is 1. The molecular weight excluding hydrogens is 441 g/mol. The highest BCUT2D eigenvalue weighted by Gasteiger charge is 2.15. The van der Waals surface area contributed by atoms with Crippen LogP contribution in [0.1, 0.15) is 11.1 Å². The van der Waals surface area contributed by atoms with Gasteiger partial charge in [-0.25, -0.2) is 0 Å². The van der Waals surface area contributed by atoms with E-state index in [1.165, 1.54) is 0 Å². The summed E-state index contributed by atoms with van der Waals surface area (Å²) in [5.74, 6) is 0.624. The summed E-state index contributed by atoms with van der Waals surface area (Å²) in [7, 11) is 3.96. The van der Waals surface area contributed by atoms with Gasteiger partial charge in [-0.2, -0.15) is 5.26 Å². The molecule has 0 N–H and O–H groups in total. The summed E-state index contributed by atoms with van der Waals surface area (Å²) in [4.78, 5) is 16.5. The highest BCUT2D eigenvalue weighted by atomic mass is 127. The van der Waals surface area contributed by atoms with E-state index < -0.39 is 0 Å². The predicted octanol–water partition coefficient (Wildman–Crippen LogP) is 3.13. The van der Waals surface area contributed by atoms with E-state index in [1.54, 1.807) is 17.0 Å². The highest BCUT2D eigenvalue weighted by molar-refractivity contribution is 14.1. The molecule has 0 fully saturated rings. The maximum absolute atomic E-state index is 12.7. The number of carbonyl (C=O) groups is 1. The molecule has 2 rings (SSSR count). The lowest BCUT2D eigenvalue weighted by atomic mass is 10.1. The number of benzene rings is 2. The summed E-state index contributed by atoms with van der Waals surface area (Å²) in [6.45, 7) is 1.88. The third kappa shape index (κ3) is 6.65. The molecule has 0 aromatic heterocycles. The molecule has 0 aliphatic rings. The third-order valence-corrected chi connectivity index (χ3v) is 4.52. The number of hydrogen-bond donors (Lipinski definition) is 0. The van der Waals surface area contributed by atoms with E-state index in [0.717, 1.165) is 15.7 Å². The summed E-state index contributed by atoms with van der Waals surface area (Å²) in [5.41, 5.74) is 1.60. The quantitative estimate of drug-likeness (QED) is 0.565. The van der Waals surface area contributed by atoms with Crippen LogP contribution in [0.15, 0.2) is 48.5 Å². The van der Waals surface area contributed by atoms with Crippen LogP contribution in [0.5, 0.6) is 5.75 Å². The molecule has 1 amide bonds. The fourth-order valence-electron chi connectivity index (χ4n) is 2.28. The molecule has 0 spiro atoms. The minimum Gasteiger partial charge on any atom is -0.484 e. The van der Waals surface area contributed by atoms with Gasteiger partial charge < -0.3 is 14.5 Å². The van der Waals surface area contributed by atoms with Crippen molar-refractivity contribution in [3.8, 4) is 11.8 Å². The lowest BCUT2D eigenvalue weighted by Crippen LogP contribution is -2.38. The van der Waals surface area contributed by atoms with Gasteiger partial charge in [0, 0.05) is 23.2 Å². The number of halogens is 1. The van der Waals surface area contributed by atoms with Crippen LogP contribution in [0.25, 0.3) is 0 Å². The molecule has 0 unspecified atom stereocenters. The van der Waals surface area contributed by atoms with E-state index in [-0.39, 0.29) is 12.5 Å². The Morgan fingerprint density at radius 1 is 1.08 bits per heavy atom. The molecule has 0 saturated carbocycles. The number of rotatable bonds is 8. The molecule has 6 heteroatoms. The molecule has 0 radical (unpaired) electrons. The molecule has 2 aromatic rings. The van der Waals surface area contributed by atoms with E-state index in [0.29, 0.717) is 24.4 Å². The van der Waals surface area contributed by atoms with Gasteiger partial charge in [0.15, 0.2) is 6.61 Å². The Labute approximate surface area is 168 Å². The van der Waals surface area contributed by atoms with Gasteiger partial charge in [-0.05, 0) is 78.6 Å². The summed E-state index contributed by atoms with van der Waals surface area (Å²) < 4.78 is 6.75. The first-order valence-corrected chi connectivity index (χ1v) is 9.35. The number of hydrogen-bond acceptors (Lipinski definition) is 4. The SMILES string of the molecule is CN(C)CCN(Cc1ccc(C#N)cc1)C(=O)COc1ccc(I)cc1. The monoisotopic (exact) mass is 463 g/mol. The highest BCUT2D eigenvalue weighted by Crippen LogP contribution is 2.14. The Balaban J connectivity index is 2.00. The largest absolute Gasteiger partial charge is 0.484 e. The average molecular weight is 463 g/mol. The van der Waals surface area contributed by atoms with Crippen molar-refractivity contribution >= 4 is 28.5 Å². The van der Waals surface area contributed by atoms with Gasteiger partial charge in [0.1, 0.15) is 5.75 Å². The van der Waals surface area contributed by atoms with Gasteiger partial charge in [0.25, 0.3) is 5.91 Å². The van der Waals surface area contributed by atoms with Crippen LogP contribution in [-0.4, -0.2) is 49.5 Å². The number of nitrogens with zero attached hydrogens (tertiary/aromatic N) is 3. The summed E-state index contributed by atoms with van der Waals surface area (Å²) in [6, 6.07) is 17.0. The van der Waals surface area contributed by atoms with E-state index in [9.17, 15) is 4.79 Å². The van der Waals surface area contributed by atoms with E-state index >= 15 is 0 Å². The standard InChI is InChI=1S/C20H22IN3O2/c1-23(2)11-12-24(14-17-5-3-16(13-22)4-6-17)20(25)15-26-19-9-7-18(21)8-10-19/h3-10H,11-12,14-15H2,1-2H3. The molecule has 0 heterocycles. The van der Waals surface area contributed by atoms with Crippen molar-refractivity contribution in [2.45, 2.75) is 6.54 Å². The number of ether oxygens (including phenoxy) is 1. The average Bonchev–Trinajstić information content (AvgIpc) is 2.64. The van der Waals surface area contributed by atoms with Crippen LogP contribution >= 0.6 is 22.6 Å². The summed E-state index contributed by atoms with van der Waals surface area (Å²) in [6.07, 6.45) is 0. The van der Waals surface area contributed by atoms with Gasteiger partial charge in [-0.1, -0.05) is 12.1 Å². The van der Waals surface area contributed by atoms with E-state index in [2.05, 4.69) is 28.7 Å². The first kappa shape index (κ1) is 20.2. The molecule has 26 heavy (non-hydrogen) atoms.